The molecule has 1 unspecified atom stereocenters. The van der Waals surface area contributed by atoms with Crippen molar-refractivity contribution in [3.63, 3.8) is 0 Å². The highest BCUT2D eigenvalue weighted by molar-refractivity contribution is 6.74. The minimum absolute atomic E-state index is 0.00921. The number of primary amides is 1. The Hall–Kier alpha value is -2.51. The maximum atomic E-state index is 12.8. The second-order valence-electron chi connectivity index (χ2n) is 16.5. The molecule has 4 saturated heterocycles. The Morgan fingerprint density at radius 3 is 2.40 bits per heavy atom. The summed E-state index contributed by atoms with van der Waals surface area (Å²) >= 11 is 0. The maximum absolute atomic E-state index is 12.8. The number of likely N-dealkylation sites (tertiary alicyclic amines) is 1. The molecule has 9 atom stereocenters. The van der Waals surface area contributed by atoms with Gasteiger partial charge in [0.15, 0.2) is 8.32 Å². The molecule has 1 spiro atoms. The van der Waals surface area contributed by atoms with Crippen LogP contribution in [0.25, 0.3) is 0 Å². The molecular weight excluding hydrogens is 655 g/mol. The molecule has 11 nitrogen and oxygen atoms in total. The zero-order chi connectivity index (χ0) is 36.9. The molecule has 4 fully saturated rings. The predicted octanol–water partition coefficient (Wildman–Crippen LogP) is 5.94. The van der Waals surface area contributed by atoms with E-state index >= 15 is 0 Å². The second-order valence-corrected chi connectivity index (χ2v) is 21.3. The van der Waals surface area contributed by atoms with E-state index in [0.717, 1.165) is 50.8 Å². The molecular formula is C38H63N3O8Si. The zero-order valence-electron chi connectivity index (χ0n) is 31.9. The Kier molecular flexibility index (Phi) is 13.6. The number of carbonyl (C=O) groups is 3. The van der Waals surface area contributed by atoms with E-state index in [-0.39, 0.29) is 71.8 Å². The third kappa shape index (κ3) is 11.0. The second kappa shape index (κ2) is 16.9. The van der Waals surface area contributed by atoms with Gasteiger partial charge in [0.1, 0.15) is 23.9 Å². The van der Waals surface area contributed by atoms with Crippen LogP contribution in [0.15, 0.2) is 36.0 Å². The fourth-order valence-corrected chi connectivity index (χ4v) is 8.15. The molecule has 12 heteroatoms. The van der Waals surface area contributed by atoms with Gasteiger partial charge in [-0.1, -0.05) is 51.5 Å². The molecule has 282 valence electrons. The Balaban J connectivity index is 1.31. The standard InChI is InChI=1S/C38H63N3O8Si/c1-25(14-17-32-35(49-50(8,9)37(5,6)7)38(24-45-38)23-29(48-32)22-33(39)42)13-16-31-26(2)21-30(28(4)47-31)40-34(43)18-15-27(3)46-36(44)41-19-11-10-12-20-41/h13-15,17-18,26-32,35H,10-12,16,19-24H2,1-9H3,(H2,39,42)(H,40,43)/t26-,27?,28+,29+,30+,31-,32+,35+,38+/m0/s1. The normalized spacial score (nSPS) is 33.1. The van der Waals surface area contributed by atoms with Crippen LogP contribution < -0.4 is 11.1 Å². The summed E-state index contributed by atoms with van der Waals surface area (Å²) in [5.74, 6) is -0.388. The fourth-order valence-electron chi connectivity index (χ4n) is 6.81. The summed E-state index contributed by atoms with van der Waals surface area (Å²) in [6.45, 7) is 21.1. The van der Waals surface area contributed by atoms with E-state index in [1.807, 2.05) is 13.0 Å². The lowest BCUT2D eigenvalue weighted by molar-refractivity contribution is -0.140. The van der Waals surface area contributed by atoms with E-state index in [0.29, 0.717) is 13.0 Å². The van der Waals surface area contributed by atoms with Gasteiger partial charge >= 0.3 is 6.09 Å². The molecule has 4 rings (SSSR count). The summed E-state index contributed by atoms with van der Waals surface area (Å²) in [5, 5.41) is 3.10. The first-order valence-electron chi connectivity index (χ1n) is 18.6. The molecule has 0 radical (unpaired) electrons. The number of amides is 3. The number of nitrogens with one attached hydrogen (secondary N) is 1. The quantitative estimate of drug-likeness (QED) is 0.109. The summed E-state index contributed by atoms with van der Waals surface area (Å²) < 4.78 is 31.3. The van der Waals surface area contributed by atoms with E-state index in [9.17, 15) is 14.4 Å². The minimum Gasteiger partial charge on any atom is -0.442 e. The average molecular weight is 718 g/mol. The zero-order valence-corrected chi connectivity index (χ0v) is 32.9. The van der Waals surface area contributed by atoms with Gasteiger partial charge in [-0.15, -0.1) is 0 Å². The van der Waals surface area contributed by atoms with Crippen molar-refractivity contribution in [2.45, 2.75) is 160 Å². The summed E-state index contributed by atoms with van der Waals surface area (Å²) in [6.07, 6.45) is 12.8. The van der Waals surface area contributed by atoms with Gasteiger partial charge in [-0.25, -0.2) is 4.79 Å². The highest BCUT2D eigenvalue weighted by atomic mass is 28.4. The molecule has 4 aliphatic rings. The molecule has 50 heavy (non-hydrogen) atoms. The Labute approximate surface area is 300 Å². The van der Waals surface area contributed by atoms with Crippen molar-refractivity contribution in [1.82, 2.24) is 10.2 Å². The molecule has 3 amide bonds. The van der Waals surface area contributed by atoms with Crippen LogP contribution in [0.5, 0.6) is 0 Å². The first kappa shape index (κ1) is 40.3. The van der Waals surface area contributed by atoms with Gasteiger partial charge < -0.3 is 39.3 Å². The topological polar surface area (TPSA) is 142 Å². The maximum Gasteiger partial charge on any atom is 0.410 e. The van der Waals surface area contributed by atoms with Crippen LogP contribution in [0, 0.1) is 5.92 Å². The van der Waals surface area contributed by atoms with Crippen LogP contribution in [-0.4, -0.2) is 99.1 Å². The van der Waals surface area contributed by atoms with Crippen molar-refractivity contribution in [2.75, 3.05) is 19.7 Å². The summed E-state index contributed by atoms with van der Waals surface area (Å²) in [5.41, 5.74) is 6.17. The van der Waals surface area contributed by atoms with Gasteiger partial charge in [-0.2, -0.15) is 0 Å². The van der Waals surface area contributed by atoms with E-state index in [2.05, 4.69) is 65.2 Å². The van der Waals surface area contributed by atoms with Crippen LogP contribution >= 0.6 is 0 Å². The number of hydrogen-bond donors (Lipinski definition) is 2. The lowest BCUT2D eigenvalue weighted by Gasteiger charge is -2.46. The Bertz CT molecular complexity index is 1280. The monoisotopic (exact) mass is 717 g/mol. The van der Waals surface area contributed by atoms with E-state index in [4.69, 9.17) is 29.1 Å². The summed E-state index contributed by atoms with van der Waals surface area (Å²) in [6, 6.07) is -0.124. The van der Waals surface area contributed by atoms with Crippen molar-refractivity contribution < 1.29 is 37.8 Å². The number of nitrogens with two attached hydrogens (primary N) is 1. The predicted molar refractivity (Wildman–Crippen MR) is 196 cm³/mol. The minimum atomic E-state index is -2.15. The fraction of sp³-hybridized carbons (Fsp3) is 0.763. The Morgan fingerprint density at radius 1 is 1.10 bits per heavy atom. The van der Waals surface area contributed by atoms with E-state index in [1.165, 1.54) is 6.08 Å². The van der Waals surface area contributed by atoms with Crippen molar-refractivity contribution >= 4 is 26.2 Å². The summed E-state index contributed by atoms with van der Waals surface area (Å²) in [7, 11) is -2.15. The molecule has 4 aliphatic heterocycles. The third-order valence-electron chi connectivity index (χ3n) is 11.1. The molecule has 0 aromatic carbocycles. The number of hydrogen-bond acceptors (Lipinski definition) is 8. The highest BCUT2D eigenvalue weighted by Crippen LogP contribution is 2.48. The van der Waals surface area contributed by atoms with Crippen molar-refractivity contribution in [3.8, 4) is 0 Å². The van der Waals surface area contributed by atoms with E-state index in [1.54, 1.807) is 17.9 Å². The van der Waals surface area contributed by atoms with Gasteiger partial charge in [0, 0.05) is 25.6 Å². The number of piperidine rings is 1. The number of allylic oxidation sites excluding steroid dienone is 2. The molecule has 0 saturated carbocycles. The van der Waals surface area contributed by atoms with Gasteiger partial charge in [-0.3, -0.25) is 9.59 Å². The number of ether oxygens (including phenoxy) is 4. The van der Waals surface area contributed by atoms with Crippen LogP contribution in [0.3, 0.4) is 0 Å². The molecule has 0 aromatic rings. The van der Waals surface area contributed by atoms with Crippen molar-refractivity contribution in [1.29, 1.82) is 0 Å². The lowest BCUT2D eigenvalue weighted by Crippen LogP contribution is -2.57. The van der Waals surface area contributed by atoms with Gasteiger partial charge in [-0.05, 0) is 83.0 Å². The first-order valence-corrected chi connectivity index (χ1v) is 21.5. The Morgan fingerprint density at radius 2 is 1.78 bits per heavy atom. The van der Waals surface area contributed by atoms with Gasteiger partial charge in [0.2, 0.25) is 11.8 Å². The molecule has 0 bridgehead atoms. The van der Waals surface area contributed by atoms with Gasteiger partial charge in [0.25, 0.3) is 0 Å². The van der Waals surface area contributed by atoms with Crippen molar-refractivity contribution in [3.05, 3.63) is 36.0 Å². The van der Waals surface area contributed by atoms with Crippen LogP contribution in [0.4, 0.5) is 4.79 Å². The molecule has 0 aromatic heterocycles. The van der Waals surface area contributed by atoms with Crippen LogP contribution in [-0.2, 0) is 33.0 Å². The number of rotatable bonds is 12. The van der Waals surface area contributed by atoms with E-state index < -0.39 is 20.0 Å². The number of nitrogens with zero attached hydrogens (tertiary/aromatic N) is 1. The number of epoxide rings is 1. The average Bonchev–Trinajstić information content (AvgIpc) is 3.80. The largest absolute Gasteiger partial charge is 0.442 e. The van der Waals surface area contributed by atoms with Crippen LogP contribution in [0.1, 0.15) is 93.4 Å². The molecule has 4 heterocycles. The first-order chi connectivity index (χ1) is 23.4. The van der Waals surface area contributed by atoms with Gasteiger partial charge in [0.05, 0.1) is 37.4 Å². The molecule has 0 aliphatic carbocycles. The number of carbonyl (C=O) groups excluding carboxylic acids is 3. The van der Waals surface area contributed by atoms with Crippen molar-refractivity contribution in [2.24, 2.45) is 11.7 Å². The SMILES string of the molecule is CC(C=C[C@H]1O[C@H](CC(N)=O)C[C@@]2(CO2)[C@@H]1O[Si](C)(C)C(C)(C)C)=CC[C@@H]1O[C@H](C)[C@H](NC(=O)C=CC(C)OC(=O)N2CCCCC2)C[C@@H]1C. The highest BCUT2D eigenvalue weighted by Gasteiger charge is 2.61. The molecule has 3 N–H and O–H groups in total. The smallest absolute Gasteiger partial charge is 0.410 e. The lowest BCUT2D eigenvalue weighted by atomic mass is 9.87. The van der Waals surface area contributed by atoms with Crippen LogP contribution in [0.2, 0.25) is 18.1 Å². The summed E-state index contributed by atoms with van der Waals surface area (Å²) in [4.78, 5) is 38.6. The third-order valence-corrected chi connectivity index (χ3v) is 15.6.